The first kappa shape index (κ1) is 46.0. The number of methoxy groups -OCH3 is 4. The Balaban J connectivity index is 1.40. The zero-order valence-electron chi connectivity index (χ0n) is 35.8. The maximum Gasteiger partial charge on any atom is 0.305 e. The van der Waals surface area contributed by atoms with Gasteiger partial charge in [0, 0.05) is 12.8 Å². The van der Waals surface area contributed by atoms with Gasteiger partial charge in [-0.25, -0.2) is 5.43 Å². The van der Waals surface area contributed by atoms with Crippen LogP contribution in [0.15, 0.2) is 53.6 Å². The van der Waals surface area contributed by atoms with Crippen molar-refractivity contribution in [3.05, 3.63) is 70.8 Å². The summed E-state index contributed by atoms with van der Waals surface area (Å²) in [6.07, 6.45) is 25.6. The number of rotatable bonds is 28. The summed E-state index contributed by atoms with van der Waals surface area (Å²) in [5, 5.41) is 4.20. The number of hydrogen-bond acceptors (Lipinski definition) is 8. The van der Waals surface area contributed by atoms with Crippen molar-refractivity contribution in [2.24, 2.45) is 5.10 Å². The minimum Gasteiger partial charge on any atom is -0.496 e. The van der Waals surface area contributed by atoms with Crippen LogP contribution in [0.2, 0.25) is 0 Å². The van der Waals surface area contributed by atoms with Crippen LogP contribution in [0.1, 0.15) is 151 Å². The lowest BCUT2D eigenvalue weighted by Crippen LogP contribution is -2.17. The third kappa shape index (κ3) is 15.6. The molecule has 0 aliphatic carbocycles. The van der Waals surface area contributed by atoms with Crippen molar-refractivity contribution in [1.29, 1.82) is 0 Å². The quantitative estimate of drug-likeness (QED) is 0.0575. The number of fused-ring (bicyclic) bond motifs is 1. The van der Waals surface area contributed by atoms with Gasteiger partial charge in [0.1, 0.15) is 11.5 Å². The predicted molar refractivity (Wildman–Crippen MR) is 234 cm³/mol. The molecule has 58 heavy (non-hydrogen) atoms. The molecule has 0 atom stereocenters. The van der Waals surface area contributed by atoms with Crippen LogP contribution in [0.3, 0.4) is 0 Å². The van der Waals surface area contributed by atoms with Crippen molar-refractivity contribution in [2.45, 2.75) is 148 Å². The maximum atomic E-state index is 12.6. The van der Waals surface area contributed by atoms with Gasteiger partial charge in [0.2, 0.25) is 5.91 Å². The lowest BCUT2D eigenvalue weighted by atomic mass is 9.87. The lowest BCUT2D eigenvalue weighted by molar-refractivity contribution is -0.141. The van der Waals surface area contributed by atoms with Crippen molar-refractivity contribution in [3.63, 3.8) is 0 Å². The van der Waals surface area contributed by atoms with Crippen LogP contribution in [0.5, 0.6) is 11.5 Å². The first-order chi connectivity index (χ1) is 28.4. The van der Waals surface area contributed by atoms with Crippen LogP contribution in [-0.2, 0) is 43.1 Å². The second-order valence-corrected chi connectivity index (χ2v) is 15.6. The molecule has 0 saturated carbocycles. The molecule has 0 radical (unpaired) electrons. The van der Waals surface area contributed by atoms with E-state index < -0.39 is 0 Å². The van der Waals surface area contributed by atoms with Crippen LogP contribution in [0.25, 0.3) is 22.3 Å². The van der Waals surface area contributed by atoms with Gasteiger partial charge in [-0.2, -0.15) is 5.10 Å². The monoisotopic (exact) mass is 797 g/mol. The average Bonchev–Trinajstić information content (AvgIpc) is 3.43. The van der Waals surface area contributed by atoms with Gasteiger partial charge in [-0.05, 0) is 119 Å². The fourth-order valence-electron chi connectivity index (χ4n) is 7.93. The molecule has 0 aromatic heterocycles. The highest BCUT2D eigenvalue weighted by molar-refractivity contribution is 5.95. The van der Waals surface area contributed by atoms with Crippen molar-refractivity contribution in [1.82, 2.24) is 5.43 Å². The van der Waals surface area contributed by atoms with E-state index in [1.54, 1.807) is 20.4 Å². The second-order valence-electron chi connectivity index (χ2n) is 15.6. The third-order valence-electron chi connectivity index (χ3n) is 11.3. The third-order valence-corrected chi connectivity index (χ3v) is 11.3. The van der Waals surface area contributed by atoms with Crippen LogP contribution in [-0.4, -0.2) is 52.5 Å². The molecule has 1 heterocycles. The smallest absolute Gasteiger partial charge is 0.305 e. The fraction of sp³-hybridized carbons (Fsp3) is 0.551. The highest BCUT2D eigenvalue weighted by Crippen LogP contribution is 2.39. The Morgan fingerprint density at radius 2 is 0.966 bits per heavy atom. The molecule has 316 valence electrons. The van der Waals surface area contributed by atoms with Gasteiger partial charge in [-0.15, -0.1) is 0 Å². The molecule has 1 aliphatic rings. The van der Waals surface area contributed by atoms with Gasteiger partial charge in [-0.1, -0.05) is 102 Å². The fourth-order valence-corrected chi connectivity index (χ4v) is 7.93. The summed E-state index contributed by atoms with van der Waals surface area (Å²) < 4.78 is 21.2. The topological polar surface area (TPSA) is 113 Å². The summed E-state index contributed by atoms with van der Waals surface area (Å²) in [4.78, 5) is 35.2. The van der Waals surface area contributed by atoms with Gasteiger partial charge in [0.05, 0.1) is 41.1 Å². The van der Waals surface area contributed by atoms with Gasteiger partial charge in [0.15, 0.2) is 0 Å². The minimum atomic E-state index is -0.120. The number of amides is 1. The van der Waals surface area contributed by atoms with Crippen LogP contribution >= 0.6 is 0 Å². The largest absolute Gasteiger partial charge is 0.496 e. The highest BCUT2D eigenvalue weighted by Gasteiger charge is 2.19. The standard InChI is InChI=1S/C49H68N2O7/c1-55-45-29-27-37(31-39(45)23-19-15-11-7-5-9-13-17-21-25-48(53)57-3)43-33-41-35-47(52)51-50-36-42(41)34-44(43)38-28-30-46(56-2)40(32-38)24-20-16-12-8-6-10-14-18-22-26-49(54)58-4/h27-34,36H,5-26,35H2,1-4H3,(H,51,52). The first-order valence-electron chi connectivity index (χ1n) is 21.8. The normalized spacial score (nSPS) is 12.1. The van der Waals surface area contributed by atoms with Gasteiger partial charge in [-0.3, -0.25) is 14.4 Å². The van der Waals surface area contributed by atoms with E-state index in [1.807, 2.05) is 0 Å². The van der Waals surface area contributed by atoms with Gasteiger partial charge in [0.25, 0.3) is 0 Å². The number of nitrogens with zero attached hydrogens (tertiary/aromatic N) is 1. The molecular weight excluding hydrogens is 729 g/mol. The highest BCUT2D eigenvalue weighted by atomic mass is 16.5. The van der Waals surface area contributed by atoms with E-state index in [2.05, 4.69) is 59.1 Å². The first-order valence-corrected chi connectivity index (χ1v) is 21.8. The summed E-state index contributed by atoms with van der Waals surface area (Å²) in [7, 11) is 6.39. The number of nitrogens with one attached hydrogen (secondary N) is 1. The molecule has 0 bridgehead atoms. The van der Waals surface area contributed by atoms with E-state index in [-0.39, 0.29) is 24.3 Å². The number of benzene rings is 3. The lowest BCUT2D eigenvalue weighted by Gasteiger charge is -2.18. The number of ether oxygens (including phenoxy) is 4. The Morgan fingerprint density at radius 3 is 1.40 bits per heavy atom. The zero-order chi connectivity index (χ0) is 41.4. The number of unbranched alkanes of at least 4 members (excludes halogenated alkanes) is 16. The molecule has 1 amide bonds. The molecule has 0 saturated heterocycles. The van der Waals surface area contributed by atoms with E-state index in [0.29, 0.717) is 12.8 Å². The van der Waals surface area contributed by atoms with Crippen LogP contribution in [0, 0.1) is 0 Å². The summed E-state index contributed by atoms with van der Waals surface area (Å²) in [5.41, 5.74) is 11.3. The molecule has 0 fully saturated rings. The van der Waals surface area contributed by atoms with Crippen LogP contribution < -0.4 is 14.9 Å². The second kappa shape index (κ2) is 26.4. The molecule has 4 rings (SSSR count). The molecule has 0 spiro atoms. The number of hydrogen-bond donors (Lipinski definition) is 1. The molecule has 3 aromatic rings. The SMILES string of the molecule is COC(=O)CCCCCCCCCCCc1cc(-c2cc3c(cc2-c2ccc(OC)c(CCCCCCCCCCCC(=O)OC)c2)CC(=O)NN=C3)ccc1OC. The molecule has 9 nitrogen and oxygen atoms in total. The van der Waals surface area contributed by atoms with Crippen molar-refractivity contribution in [3.8, 4) is 33.8 Å². The molecule has 9 heteroatoms. The van der Waals surface area contributed by atoms with Crippen molar-refractivity contribution < 1.29 is 33.3 Å². The van der Waals surface area contributed by atoms with Crippen molar-refractivity contribution in [2.75, 3.05) is 28.4 Å². The Hall–Kier alpha value is -4.66. The van der Waals surface area contributed by atoms with E-state index in [9.17, 15) is 14.4 Å². The minimum absolute atomic E-state index is 0.112. The summed E-state index contributed by atoms with van der Waals surface area (Å²) in [6.45, 7) is 0. The van der Waals surface area contributed by atoms with Crippen molar-refractivity contribution >= 4 is 24.1 Å². The molecular formula is C49H68N2O7. The van der Waals surface area contributed by atoms with E-state index in [4.69, 9.17) is 18.9 Å². The number of aryl methyl sites for hydroxylation is 2. The van der Waals surface area contributed by atoms with Crippen LogP contribution in [0.4, 0.5) is 0 Å². The zero-order valence-corrected chi connectivity index (χ0v) is 35.8. The number of carbonyl (C=O) groups excluding carboxylic acids is 3. The van der Waals surface area contributed by atoms with Gasteiger partial charge >= 0.3 is 11.9 Å². The molecule has 0 unspecified atom stereocenters. The molecule has 1 aliphatic heterocycles. The average molecular weight is 797 g/mol. The van der Waals surface area contributed by atoms with E-state index >= 15 is 0 Å². The Kier molecular flexibility index (Phi) is 20.9. The van der Waals surface area contributed by atoms with Gasteiger partial charge < -0.3 is 18.9 Å². The Labute approximate surface area is 347 Å². The Bertz CT molecular complexity index is 1770. The molecule has 3 aromatic carbocycles. The summed E-state index contributed by atoms with van der Waals surface area (Å²) >= 11 is 0. The number of esters is 2. The Morgan fingerprint density at radius 1 is 0.552 bits per heavy atom. The summed E-state index contributed by atoms with van der Waals surface area (Å²) in [6, 6.07) is 17.4. The number of hydrazone groups is 1. The maximum absolute atomic E-state index is 12.6. The number of carbonyl (C=O) groups is 3. The molecule has 1 N–H and O–H groups in total. The predicted octanol–water partition coefficient (Wildman–Crippen LogP) is 11.3. The van der Waals surface area contributed by atoms with E-state index in [0.717, 1.165) is 96.2 Å². The van der Waals surface area contributed by atoms with E-state index in [1.165, 1.54) is 102 Å². The summed E-state index contributed by atoms with van der Waals surface area (Å²) in [5.74, 6) is 1.47.